The minimum atomic E-state index is -0.355. The van der Waals surface area contributed by atoms with E-state index in [0.717, 1.165) is 25.2 Å². The Morgan fingerprint density at radius 1 is 1.36 bits per heavy atom. The van der Waals surface area contributed by atoms with E-state index < -0.39 is 0 Å². The van der Waals surface area contributed by atoms with Crippen molar-refractivity contribution < 1.29 is 14.3 Å². The molecule has 2 atom stereocenters. The number of nitrogens with zero attached hydrogens (tertiary/aromatic N) is 3. The first-order chi connectivity index (χ1) is 13.6. The van der Waals surface area contributed by atoms with Crippen molar-refractivity contribution in [3.63, 3.8) is 0 Å². The number of anilines is 1. The molecule has 2 fully saturated rings. The first kappa shape index (κ1) is 18.8. The van der Waals surface area contributed by atoms with Gasteiger partial charge in [0.1, 0.15) is 11.6 Å². The van der Waals surface area contributed by atoms with Crippen LogP contribution in [0.5, 0.6) is 5.75 Å². The van der Waals surface area contributed by atoms with E-state index in [4.69, 9.17) is 16.3 Å². The van der Waals surface area contributed by atoms with Gasteiger partial charge in [-0.15, -0.1) is 0 Å². The van der Waals surface area contributed by atoms with E-state index in [9.17, 15) is 9.59 Å². The molecule has 3 heterocycles. The van der Waals surface area contributed by atoms with Crippen molar-refractivity contribution in [1.29, 1.82) is 0 Å². The maximum absolute atomic E-state index is 13.1. The number of imidazole rings is 1. The molecule has 1 aromatic carbocycles. The van der Waals surface area contributed by atoms with Gasteiger partial charge in [-0.2, -0.15) is 0 Å². The molecule has 148 valence electrons. The highest BCUT2D eigenvalue weighted by molar-refractivity contribution is 6.31. The van der Waals surface area contributed by atoms with Crippen LogP contribution in [0.15, 0.2) is 30.6 Å². The summed E-state index contributed by atoms with van der Waals surface area (Å²) in [5.41, 5.74) is 0.613. The van der Waals surface area contributed by atoms with E-state index in [2.05, 4.69) is 9.97 Å². The lowest BCUT2D eigenvalue weighted by Crippen LogP contribution is -2.43. The summed E-state index contributed by atoms with van der Waals surface area (Å²) < 4.78 is 5.37. The summed E-state index contributed by atoms with van der Waals surface area (Å²) in [5.74, 6) is 1.30. The fourth-order valence-electron chi connectivity index (χ4n) is 4.14. The van der Waals surface area contributed by atoms with E-state index in [1.807, 2.05) is 11.1 Å². The Morgan fingerprint density at radius 3 is 2.96 bits per heavy atom. The SMILES string of the molecule is COc1ccc(Cl)cc1N1CC(C(=O)N2CCCC(c3ncc[nH]3)C2)CC1=O. The number of piperidine rings is 1. The summed E-state index contributed by atoms with van der Waals surface area (Å²) in [6.07, 6.45) is 5.69. The standard InChI is InChI=1S/C20H23ClN4O3/c1-28-17-5-4-15(21)10-16(17)25-12-14(9-18(25)26)20(27)24-8-2-3-13(11-24)19-22-6-7-23-19/h4-7,10,13-14H,2-3,8-9,11-12H2,1H3,(H,22,23). The van der Waals surface area contributed by atoms with Gasteiger partial charge in [0.25, 0.3) is 0 Å². The second-order valence-electron chi connectivity index (χ2n) is 7.32. The number of aromatic amines is 1. The van der Waals surface area contributed by atoms with Gasteiger partial charge in [0.15, 0.2) is 0 Å². The van der Waals surface area contributed by atoms with Gasteiger partial charge in [0, 0.05) is 49.4 Å². The van der Waals surface area contributed by atoms with Gasteiger partial charge in [-0.1, -0.05) is 11.6 Å². The Balaban J connectivity index is 1.48. The number of carbonyl (C=O) groups is 2. The average molecular weight is 403 g/mol. The van der Waals surface area contributed by atoms with Crippen LogP contribution in [0.25, 0.3) is 0 Å². The molecule has 0 bridgehead atoms. The summed E-state index contributed by atoms with van der Waals surface area (Å²) in [5, 5.41) is 0.524. The lowest BCUT2D eigenvalue weighted by Gasteiger charge is -2.33. The molecule has 28 heavy (non-hydrogen) atoms. The Kier molecular flexibility index (Phi) is 5.26. The Labute approximate surface area is 168 Å². The number of methoxy groups -OCH3 is 1. The summed E-state index contributed by atoms with van der Waals surface area (Å²) in [6.45, 7) is 1.70. The van der Waals surface area contributed by atoms with Crippen molar-refractivity contribution in [1.82, 2.24) is 14.9 Å². The van der Waals surface area contributed by atoms with Crippen molar-refractivity contribution in [2.75, 3.05) is 31.6 Å². The molecule has 7 nitrogen and oxygen atoms in total. The first-order valence-electron chi connectivity index (χ1n) is 9.48. The zero-order chi connectivity index (χ0) is 19.7. The normalized spacial score (nSPS) is 22.6. The van der Waals surface area contributed by atoms with E-state index in [1.165, 1.54) is 0 Å². The number of ether oxygens (including phenoxy) is 1. The third kappa shape index (κ3) is 3.58. The lowest BCUT2D eigenvalue weighted by molar-refractivity contribution is -0.137. The molecule has 1 aromatic heterocycles. The second-order valence-corrected chi connectivity index (χ2v) is 7.76. The number of hydrogen-bond donors (Lipinski definition) is 1. The predicted molar refractivity (Wildman–Crippen MR) is 106 cm³/mol. The molecule has 0 aliphatic carbocycles. The van der Waals surface area contributed by atoms with Crippen LogP contribution in [-0.2, 0) is 9.59 Å². The van der Waals surface area contributed by atoms with Crippen molar-refractivity contribution in [3.05, 3.63) is 41.4 Å². The van der Waals surface area contributed by atoms with Crippen LogP contribution in [0.2, 0.25) is 5.02 Å². The van der Waals surface area contributed by atoms with Crippen LogP contribution in [0, 0.1) is 5.92 Å². The smallest absolute Gasteiger partial charge is 0.228 e. The molecule has 2 aromatic rings. The maximum atomic E-state index is 13.1. The monoisotopic (exact) mass is 402 g/mol. The molecular formula is C20H23ClN4O3. The molecule has 2 aliphatic heterocycles. The quantitative estimate of drug-likeness (QED) is 0.852. The van der Waals surface area contributed by atoms with Gasteiger partial charge in [0.2, 0.25) is 11.8 Å². The fourth-order valence-corrected chi connectivity index (χ4v) is 4.31. The summed E-state index contributed by atoms with van der Waals surface area (Å²) in [4.78, 5) is 36.7. The topological polar surface area (TPSA) is 78.5 Å². The molecule has 0 saturated carbocycles. The van der Waals surface area contributed by atoms with Crippen molar-refractivity contribution in [2.24, 2.45) is 5.92 Å². The van der Waals surface area contributed by atoms with Gasteiger partial charge in [-0.25, -0.2) is 4.98 Å². The van der Waals surface area contributed by atoms with Gasteiger partial charge >= 0.3 is 0 Å². The van der Waals surface area contributed by atoms with Gasteiger partial charge in [-0.3, -0.25) is 9.59 Å². The van der Waals surface area contributed by atoms with Crippen molar-refractivity contribution in [3.8, 4) is 5.75 Å². The van der Waals surface area contributed by atoms with Crippen LogP contribution < -0.4 is 9.64 Å². The highest BCUT2D eigenvalue weighted by atomic mass is 35.5. The van der Waals surface area contributed by atoms with Crippen molar-refractivity contribution >= 4 is 29.1 Å². The summed E-state index contributed by atoms with van der Waals surface area (Å²) in [6, 6.07) is 5.16. The van der Waals surface area contributed by atoms with Crippen molar-refractivity contribution in [2.45, 2.75) is 25.2 Å². The van der Waals surface area contributed by atoms with Crippen LogP contribution in [0.3, 0.4) is 0 Å². The number of benzene rings is 1. The molecule has 0 spiro atoms. The molecule has 2 unspecified atom stereocenters. The number of likely N-dealkylation sites (tertiary alicyclic amines) is 1. The molecule has 8 heteroatoms. The number of aromatic nitrogens is 2. The molecule has 4 rings (SSSR count). The summed E-state index contributed by atoms with van der Waals surface area (Å²) in [7, 11) is 1.55. The largest absolute Gasteiger partial charge is 0.495 e. The van der Waals surface area contributed by atoms with E-state index in [0.29, 0.717) is 29.5 Å². The van der Waals surface area contributed by atoms with Crippen LogP contribution in [-0.4, -0.2) is 53.4 Å². The average Bonchev–Trinajstić information content (AvgIpc) is 3.37. The minimum Gasteiger partial charge on any atom is -0.495 e. The Morgan fingerprint density at radius 2 is 2.21 bits per heavy atom. The number of carbonyl (C=O) groups excluding carboxylic acids is 2. The van der Waals surface area contributed by atoms with Crippen LogP contribution in [0.4, 0.5) is 5.69 Å². The number of nitrogens with one attached hydrogen (secondary N) is 1. The zero-order valence-electron chi connectivity index (χ0n) is 15.7. The number of hydrogen-bond acceptors (Lipinski definition) is 4. The molecule has 2 saturated heterocycles. The number of H-pyrrole nitrogens is 1. The van der Waals surface area contributed by atoms with Gasteiger partial charge < -0.3 is 19.5 Å². The van der Waals surface area contributed by atoms with E-state index in [-0.39, 0.29) is 30.1 Å². The van der Waals surface area contributed by atoms with E-state index in [1.54, 1.807) is 36.4 Å². The Bertz CT molecular complexity index is 870. The van der Waals surface area contributed by atoms with Gasteiger partial charge in [0.05, 0.1) is 18.7 Å². The van der Waals surface area contributed by atoms with E-state index >= 15 is 0 Å². The minimum absolute atomic E-state index is 0.0353. The molecule has 0 radical (unpaired) electrons. The van der Waals surface area contributed by atoms with Crippen LogP contribution in [0.1, 0.15) is 31.0 Å². The third-order valence-electron chi connectivity index (χ3n) is 5.55. The lowest BCUT2D eigenvalue weighted by atomic mass is 9.95. The third-order valence-corrected chi connectivity index (χ3v) is 5.78. The second kappa shape index (κ2) is 7.83. The highest BCUT2D eigenvalue weighted by Gasteiger charge is 2.39. The highest BCUT2D eigenvalue weighted by Crippen LogP contribution is 2.36. The number of amides is 2. The van der Waals surface area contributed by atoms with Gasteiger partial charge in [-0.05, 0) is 31.0 Å². The molecular weight excluding hydrogens is 380 g/mol. The molecule has 2 aliphatic rings. The number of halogens is 1. The molecule has 1 N–H and O–H groups in total. The maximum Gasteiger partial charge on any atom is 0.228 e. The molecule has 2 amide bonds. The zero-order valence-corrected chi connectivity index (χ0v) is 16.5. The number of rotatable bonds is 4. The fraction of sp³-hybridized carbons (Fsp3) is 0.450. The first-order valence-corrected chi connectivity index (χ1v) is 9.86. The van der Waals surface area contributed by atoms with Crippen LogP contribution >= 0.6 is 11.6 Å². The Hall–Kier alpha value is -2.54. The predicted octanol–water partition coefficient (Wildman–Crippen LogP) is 2.83. The summed E-state index contributed by atoms with van der Waals surface area (Å²) >= 11 is 6.11.